The molecule has 0 aromatic heterocycles. The van der Waals surface area contributed by atoms with Crippen LogP contribution in [-0.2, 0) is 15.8 Å². The number of thioether (sulfide) groups is 1. The van der Waals surface area contributed by atoms with E-state index in [0.717, 1.165) is 12.1 Å². The number of anilines is 1. The third-order valence-electron chi connectivity index (χ3n) is 3.91. The van der Waals surface area contributed by atoms with Crippen molar-refractivity contribution in [3.8, 4) is 0 Å². The molecule has 2 aromatic carbocycles. The lowest BCUT2D eigenvalue weighted by atomic mass is 10.2. The number of rotatable bonds is 4. The quantitative estimate of drug-likeness (QED) is 0.507. The minimum absolute atomic E-state index is 0.0245. The average Bonchev–Trinajstić information content (AvgIpc) is 2.92. The number of nitrogens with one attached hydrogen (secondary N) is 1. The van der Waals surface area contributed by atoms with Gasteiger partial charge in [0, 0.05) is 0 Å². The molecule has 0 saturated carbocycles. The SMILES string of the molecule is O=C(CN1C(=O)S/C(=C\c2ccc(F)cc2)C1=O)Nc1cc(C(F)(F)F)ccc1Cl. The van der Waals surface area contributed by atoms with E-state index in [1.54, 1.807) is 0 Å². The Morgan fingerprint density at radius 3 is 2.43 bits per heavy atom. The van der Waals surface area contributed by atoms with Crippen LogP contribution in [0.15, 0.2) is 47.4 Å². The highest BCUT2D eigenvalue weighted by molar-refractivity contribution is 8.18. The van der Waals surface area contributed by atoms with Gasteiger partial charge >= 0.3 is 6.18 Å². The molecule has 11 heteroatoms. The number of carbonyl (C=O) groups excluding carboxylic acids is 3. The third kappa shape index (κ3) is 5.00. The van der Waals surface area contributed by atoms with Gasteiger partial charge in [0.25, 0.3) is 11.1 Å². The first-order valence-electron chi connectivity index (χ1n) is 8.22. The van der Waals surface area contributed by atoms with Gasteiger partial charge in [-0.3, -0.25) is 19.3 Å². The molecule has 0 bridgehead atoms. The van der Waals surface area contributed by atoms with Crippen molar-refractivity contribution in [2.24, 2.45) is 0 Å². The molecule has 1 heterocycles. The van der Waals surface area contributed by atoms with E-state index < -0.39 is 41.2 Å². The number of carbonyl (C=O) groups is 3. The first-order valence-corrected chi connectivity index (χ1v) is 9.41. The summed E-state index contributed by atoms with van der Waals surface area (Å²) in [6, 6.07) is 7.57. The Bertz CT molecular complexity index is 1050. The van der Waals surface area contributed by atoms with Gasteiger partial charge in [0.1, 0.15) is 12.4 Å². The van der Waals surface area contributed by atoms with Crippen LogP contribution in [0, 0.1) is 5.82 Å². The molecule has 0 atom stereocenters. The first-order chi connectivity index (χ1) is 14.0. The monoisotopic (exact) mass is 458 g/mol. The van der Waals surface area contributed by atoms with Crippen LogP contribution in [-0.4, -0.2) is 28.5 Å². The van der Waals surface area contributed by atoms with Crippen molar-refractivity contribution in [1.29, 1.82) is 0 Å². The minimum Gasteiger partial charge on any atom is -0.323 e. The van der Waals surface area contributed by atoms with Gasteiger partial charge in [-0.05, 0) is 53.7 Å². The van der Waals surface area contributed by atoms with E-state index in [-0.39, 0.29) is 15.6 Å². The highest BCUT2D eigenvalue weighted by atomic mass is 35.5. The van der Waals surface area contributed by atoms with Crippen molar-refractivity contribution in [2.45, 2.75) is 6.18 Å². The van der Waals surface area contributed by atoms with Crippen LogP contribution >= 0.6 is 23.4 Å². The standard InChI is InChI=1S/C19H11ClF4N2O3S/c20-13-6-3-11(19(22,23)24)8-14(13)25-16(27)9-26-17(28)15(30-18(26)29)7-10-1-4-12(21)5-2-10/h1-8H,9H2,(H,25,27)/b15-7-. The van der Waals surface area contributed by atoms with Crippen molar-refractivity contribution in [2.75, 3.05) is 11.9 Å². The van der Waals surface area contributed by atoms with Crippen molar-refractivity contribution in [3.63, 3.8) is 0 Å². The maximum Gasteiger partial charge on any atom is 0.416 e. The molecule has 1 aliphatic rings. The fourth-order valence-corrected chi connectivity index (χ4v) is 3.48. The van der Waals surface area contributed by atoms with Crippen LogP contribution in [0.4, 0.5) is 28.0 Å². The first kappa shape index (κ1) is 21.8. The van der Waals surface area contributed by atoms with Crippen molar-refractivity contribution in [1.82, 2.24) is 4.90 Å². The Morgan fingerprint density at radius 2 is 1.80 bits per heavy atom. The third-order valence-corrected chi connectivity index (χ3v) is 5.15. The van der Waals surface area contributed by atoms with E-state index in [1.165, 1.54) is 30.3 Å². The summed E-state index contributed by atoms with van der Waals surface area (Å²) in [6.07, 6.45) is -3.27. The lowest BCUT2D eigenvalue weighted by Gasteiger charge is -2.14. The smallest absolute Gasteiger partial charge is 0.323 e. The number of nitrogens with zero attached hydrogens (tertiary/aromatic N) is 1. The zero-order valence-electron chi connectivity index (χ0n) is 14.8. The van der Waals surface area contributed by atoms with E-state index in [9.17, 15) is 31.9 Å². The Morgan fingerprint density at radius 1 is 1.13 bits per heavy atom. The average molecular weight is 459 g/mol. The molecule has 1 N–H and O–H groups in total. The maximum absolute atomic E-state index is 13.0. The number of alkyl halides is 3. The van der Waals surface area contributed by atoms with Gasteiger partial charge in [0.2, 0.25) is 5.91 Å². The molecule has 1 fully saturated rings. The van der Waals surface area contributed by atoms with Gasteiger partial charge in [0.05, 0.1) is 21.2 Å². The summed E-state index contributed by atoms with van der Waals surface area (Å²) >= 11 is 6.41. The molecule has 3 amide bonds. The zero-order valence-corrected chi connectivity index (χ0v) is 16.4. The summed E-state index contributed by atoms with van der Waals surface area (Å²) in [4.78, 5) is 37.4. The second-order valence-corrected chi connectivity index (χ2v) is 7.46. The van der Waals surface area contributed by atoms with Crippen molar-refractivity contribution < 1.29 is 31.9 Å². The summed E-state index contributed by atoms with van der Waals surface area (Å²) in [5, 5.41) is 1.31. The number of amides is 3. The van der Waals surface area contributed by atoms with Gasteiger partial charge < -0.3 is 5.32 Å². The number of hydrogen-bond donors (Lipinski definition) is 1. The maximum atomic E-state index is 13.0. The Hall–Kier alpha value is -2.85. The number of hydrogen-bond acceptors (Lipinski definition) is 4. The molecule has 1 saturated heterocycles. The lowest BCUT2D eigenvalue weighted by molar-refractivity contribution is -0.137. The van der Waals surface area contributed by atoms with E-state index in [4.69, 9.17) is 11.6 Å². The lowest BCUT2D eigenvalue weighted by Crippen LogP contribution is -2.36. The summed E-state index contributed by atoms with van der Waals surface area (Å²) in [7, 11) is 0. The summed E-state index contributed by atoms with van der Waals surface area (Å²) in [5.74, 6) is -2.12. The second-order valence-electron chi connectivity index (χ2n) is 6.06. The van der Waals surface area contributed by atoms with E-state index in [2.05, 4.69) is 5.32 Å². The molecule has 5 nitrogen and oxygen atoms in total. The molecule has 0 radical (unpaired) electrons. The number of imide groups is 1. The molecule has 0 spiro atoms. The Kier molecular flexibility index (Phi) is 6.18. The van der Waals surface area contributed by atoms with Gasteiger partial charge in [-0.1, -0.05) is 23.7 Å². The largest absolute Gasteiger partial charge is 0.416 e. The Balaban J connectivity index is 1.72. The van der Waals surface area contributed by atoms with Crippen molar-refractivity contribution >= 4 is 52.2 Å². The van der Waals surface area contributed by atoms with Gasteiger partial charge in [0.15, 0.2) is 0 Å². The van der Waals surface area contributed by atoms with Gasteiger partial charge in [-0.25, -0.2) is 4.39 Å². The molecule has 0 aliphatic carbocycles. The van der Waals surface area contributed by atoms with Crippen LogP contribution in [0.5, 0.6) is 0 Å². The molecule has 3 rings (SSSR count). The van der Waals surface area contributed by atoms with Crippen LogP contribution in [0.25, 0.3) is 6.08 Å². The fourth-order valence-electron chi connectivity index (χ4n) is 2.48. The normalized spacial score (nSPS) is 15.8. The topological polar surface area (TPSA) is 66.5 Å². The molecular weight excluding hydrogens is 448 g/mol. The highest BCUT2D eigenvalue weighted by Gasteiger charge is 2.36. The van der Waals surface area contributed by atoms with Crippen LogP contribution < -0.4 is 5.32 Å². The fraction of sp³-hybridized carbons (Fsp3) is 0.105. The molecule has 30 heavy (non-hydrogen) atoms. The number of benzene rings is 2. The van der Waals surface area contributed by atoms with Crippen molar-refractivity contribution in [3.05, 3.63) is 69.3 Å². The predicted molar refractivity (Wildman–Crippen MR) is 104 cm³/mol. The van der Waals surface area contributed by atoms with E-state index in [0.29, 0.717) is 28.3 Å². The second kappa shape index (κ2) is 8.49. The van der Waals surface area contributed by atoms with E-state index in [1.807, 2.05) is 0 Å². The van der Waals surface area contributed by atoms with Gasteiger partial charge in [-0.15, -0.1) is 0 Å². The molecular formula is C19H11ClF4N2O3S. The minimum atomic E-state index is -4.64. The van der Waals surface area contributed by atoms with Crippen LogP contribution in [0.2, 0.25) is 5.02 Å². The zero-order chi connectivity index (χ0) is 22.1. The highest BCUT2D eigenvalue weighted by Crippen LogP contribution is 2.34. The summed E-state index contributed by atoms with van der Waals surface area (Å²) in [6.45, 7) is -0.710. The molecule has 1 aliphatic heterocycles. The van der Waals surface area contributed by atoms with Gasteiger partial charge in [-0.2, -0.15) is 13.2 Å². The predicted octanol–water partition coefficient (Wildman–Crippen LogP) is 5.17. The Labute approximate surface area is 176 Å². The molecule has 0 unspecified atom stereocenters. The van der Waals surface area contributed by atoms with E-state index >= 15 is 0 Å². The summed E-state index contributed by atoms with van der Waals surface area (Å²) in [5.41, 5.74) is -0.844. The molecule has 156 valence electrons. The molecule has 2 aromatic rings. The van der Waals surface area contributed by atoms with Crippen LogP contribution in [0.1, 0.15) is 11.1 Å². The van der Waals surface area contributed by atoms with Crippen LogP contribution in [0.3, 0.4) is 0 Å². The number of halogens is 5. The summed E-state index contributed by atoms with van der Waals surface area (Å²) < 4.78 is 51.5.